The molecule has 1 saturated heterocycles. The molecular formula is C21H23ClN4O2. The van der Waals surface area contributed by atoms with Crippen LogP contribution in [0.1, 0.15) is 17.9 Å². The number of likely N-dealkylation sites (tertiary alicyclic amines) is 1. The number of fused-ring (bicyclic) bond motifs is 1. The summed E-state index contributed by atoms with van der Waals surface area (Å²) in [6.07, 6.45) is 1.77. The van der Waals surface area contributed by atoms with Gasteiger partial charge in [0.2, 0.25) is 5.91 Å². The standard InChI is InChI=1S/C21H22N4O2.ClH/c22-18-13-25(12-17(18)15-6-2-1-3-7-15)20(26)10-11-24-14-23-19-9-5-4-8-16(19)21(24)27;/h1-9,14,17-18H,10-13,22H2;1H/t17-,18+;/m0./s1. The Morgan fingerprint density at radius 1 is 1.07 bits per heavy atom. The zero-order valence-electron chi connectivity index (χ0n) is 15.4. The van der Waals surface area contributed by atoms with Crippen LogP contribution < -0.4 is 11.3 Å². The van der Waals surface area contributed by atoms with Crippen molar-refractivity contribution in [3.8, 4) is 0 Å². The summed E-state index contributed by atoms with van der Waals surface area (Å²) in [6.45, 7) is 1.48. The predicted molar refractivity (Wildman–Crippen MR) is 112 cm³/mol. The Labute approximate surface area is 169 Å². The fourth-order valence-electron chi connectivity index (χ4n) is 3.73. The Morgan fingerprint density at radius 2 is 1.79 bits per heavy atom. The first kappa shape index (κ1) is 20.0. The fraction of sp³-hybridized carbons (Fsp3) is 0.286. The van der Waals surface area contributed by atoms with Crippen LogP contribution in [0.15, 0.2) is 65.7 Å². The number of para-hydroxylation sites is 1. The van der Waals surface area contributed by atoms with E-state index in [1.165, 1.54) is 10.9 Å². The monoisotopic (exact) mass is 398 g/mol. The lowest BCUT2D eigenvalue weighted by Crippen LogP contribution is -2.33. The van der Waals surface area contributed by atoms with E-state index in [1.807, 2.05) is 41.3 Å². The molecule has 3 aromatic rings. The number of aromatic nitrogens is 2. The molecule has 0 bridgehead atoms. The van der Waals surface area contributed by atoms with Gasteiger partial charge in [0, 0.05) is 38.0 Å². The van der Waals surface area contributed by atoms with Gasteiger partial charge >= 0.3 is 0 Å². The minimum absolute atomic E-state index is 0. The van der Waals surface area contributed by atoms with Crippen molar-refractivity contribution in [2.75, 3.05) is 13.1 Å². The van der Waals surface area contributed by atoms with Crippen LogP contribution in [-0.2, 0) is 11.3 Å². The summed E-state index contributed by atoms with van der Waals surface area (Å²) in [5.41, 5.74) is 7.99. The van der Waals surface area contributed by atoms with E-state index in [2.05, 4.69) is 17.1 Å². The van der Waals surface area contributed by atoms with E-state index in [0.717, 1.165) is 5.56 Å². The zero-order valence-corrected chi connectivity index (χ0v) is 16.2. The average molecular weight is 399 g/mol. The topological polar surface area (TPSA) is 81.2 Å². The van der Waals surface area contributed by atoms with Crippen LogP contribution in [0.4, 0.5) is 0 Å². The Morgan fingerprint density at radius 3 is 2.57 bits per heavy atom. The van der Waals surface area contributed by atoms with Gasteiger partial charge in [-0.1, -0.05) is 42.5 Å². The van der Waals surface area contributed by atoms with E-state index >= 15 is 0 Å². The molecule has 2 N–H and O–H groups in total. The van der Waals surface area contributed by atoms with Gasteiger partial charge in [0.05, 0.1) is 17.2 Å². The second-order valence-electron chi connectivity index (χ2n) is 6.99. The van der Waals surface area contributed by atoms with Gasteiger partial charge in [0.15, 0.2) is 0 Å². The van der Waals surface area contributed by atoms with Crippen molar-refractivity contribution in [2.24, 2.45) is 5.73 Å². The molecule has 28 heavy (non-hydrogen) atoms. The highest BCUT2D eigenvalue weighted by molar-refractivity contribution is 5.85. The Bertz CT molecular complexity index is 1020. The van der Waals surface area contributed by atoms with Crippen molar-refractivity contribution in [3.05, 3.63) is 76.8 Å². The Kier molecular flexibility index (Phi) is 6.11. The van der Waals surface area contributed by atoms with Crippen molar-refractivity contribution in [1.29, 1.82) is 0 Å². The third-order valence-corrected chi connectivity index (χ3v) is 5.24. The fourth-order valence-corrected chi connectivity index (χ4v) is 3.73. The number of nitrogens with zero attached hydrogens (tertiary/aromatic N) is 3. The molecule has 0 unspecified atom stereocenters. The minimum Gasteiger partial charge on any atom is -0.340 e. The number of rotatable bonds is 4. The smallest absolute Gasteiger partial charge is 0.261 e. The molecule has 0 aliphatic carbocycles. The zero-order chi connectivity index (χ0) is 18.8. The molecule has 7 heteroatoms. The van der Waals surface area contributed by atoms with Gasteiger partial charge in [0.1, 0.15) is 0 Å². The van der Waals surface area contributed by atoms with Gasteiger partial charge < -0.3 is 10.6 Å². The van der Waals surface area contributed by atoms with Crippen LogP contribution in [-0.4, -0.2) is 39.5 Å². The normalized spacial score (nSPS) is 18.8. The van der Waals surface area contributed by atoms with E-state index in [-0.39, 0.29) is 42.3 Å². The lowest BCUT2D eigenvalue weighted by molar-refractivity contribution is -0.130. The van der Waals surface area contributed by atoms with Crippen LogP contribution >= 0.6 is 12.4 Å². The molecule has 1 aliphatic heterocycles. The second-order valence-corrected chi connectivity index (χ2v) is 6.99. The van der Waals surface area contributed by atoms with E-state index in [4.69, 9.17) is 5.73 Å². The summed E-state index contributed by atoms with van der Waals surface area (Å²) in [7, 11) is 0. The third-order valence-electron chi connectivity index (χ3n) is 5.24. The Hall–Kier alpha value is -2.70. The maximum Gasteiger partial charge on any atom is 0.261 e. The molecule has 0 radical (unpaired) electrons. The van der Waals surface area contributed by atoms with E-state index in [1.54, 1.807) is 6.07 Å². The predicted octanol–water partition coefficient (Wildman–Crippen LogP) is 2.16. The van der Waals surface area contributed by atoms with E-state index in [0.29, 0.717) is 30.5 Å². The number of aryl methyl sites for hydroxylation is 1. The molecular weight excluding hydrogens is 376 g/mol. The van der Waals surface area contributed by atoms with Crippen LogP contribution in [0, 0.1) is 0 Å². The van der Waals surface area contributed by atoms with Gasteiger partial charge in [-0.05, 0) is 17.7 Å². The summed E-state index contributed by atoms with van der Waals surface area (Å²) in [5, 5.41) is 0.569. The van der Waals surface area contributed by atoms with Crippen LogP contribution in [0.3, 0.4) is 0 Å². The molecule has 2 atom stereocenters. The molecule has 2 heterocycles. The van der Waals surface area contributed by atoms with Crippen molar-refractivity contribution >= 4 is 29.2 Å². The number of amides is 1. The molecule has 0 saturated carbocycles. The van der Waals surface area contributed by atoms with Crippen LogP contribution in [0.25, 0.3) is 10.9 Å². The molecule has 0 spiro atoms. The molecule has 1 aromatic heterocycles. The number of nitrogens with two attached hydrogens (primary N) is 1. The molecule has 1 fully saturated rings. The number of halogens is 1. The van der Waals surface area contributed by atoms with Gasteiger partial charge in [-0.25, -0.2) is 4.98 Å². The molecule has 4 rings (SSSR count). The van der Waals surface area contributed by atoms with Gasteiger partial charge in [0.25, 0.3) is 5.56 Å². The van der Waals surface area contributed by atoms with Gasteiger partial charge in [-0.2, -0.15) is 0 Å². The van der Waals surface area contributed by atoms with Crippen LogP contribution in [0.2, 0.25) is 0 Å². The van der Waals surface area contributed by atoms with Crippen molar-refractivity contribution in [1.82, 2.24) is 14.5 Å². The number of benzene rings is 2. The summed E-state index contributed by atoms with van der Waals surface area (Å²) >= 11 is 0. The third kappa shape index (κ3) is 3.93. The minimum atomic E-state index is -0.117. The average Bonchev–Trinajstić information content (AvgIpc) is 3.10. The first-order chi connectivity index (χ1) is 13.1. The Balaban J connectivity index is 0.00000225. The highest BCUT2D eigenvalue weighted by atomic mass is 35.5. The largest absolute Gasteiger partial charge is 0.340 e. The number of carbonyl (C=O) groups is 1. The highest BCUT2D eigenvalue weighted by Gasteiger charge is 2.33. The SMILES string of the molecule is Cl.N[C@@H]1CN(C(=O)CCn2cnc3ccccc3c2=O)C[C@H]1c1ccccc1. The van der Waals surface area contributed by atoms with E-state index < -0.39 is 0 Å². The molecule has 146 valence electrons. The number of hydrogen-bond acceptors (Lipinski definition) is 4. The van der Waals surface area contributed by atoms with Crippen molar-refractivity contribution in [2.45, 2.75) is 24.9 Å². The maximum atomic E-state index is 12.7. The molecule has 1 amide bonds. The molecule has 6 nitrogen and oxygen atoms in total. The highest BCUT2D eigenvalue weighted by Crippen LogP contribution is 2.26. The number of carbonyl (C=O) groups excluding carboxylic acids is 1. The summed E-state index contributed by atoms with van der Waals surface area (Å²) in [4.78, 5) is 31.3. The first-order valence-electron chi connectivity index (χ1n) is 9.16. The van der Waals surface area contributed by atoms with Gasteiger partial charge in [-0.15, -0.1) is 12.4 Å². The lowest BCUT2D eigenvalue weighted by atomic mass is 9.95. The first-order valence-corrected chi connectivity index (χ1v) is 9.16. The maximum absolute atomic E-state index is 12.7. The van der Waals surface area contributed by atoms with Crippen molar-refractivity contribution in [3.63, 3.8) is 0 Å². The number of hydrogen-bond donors (Lipinski definition) is 1. The molecule has 2 aromatic carbocycles. The van der Waals surface area contributed by atoms with Crippen molar-refractivity contribution < 1.29 is 4.79 Å². The quantitative estimate of drug-likeness (QED) is 0.730. The molecule has 1 aliphatic rings. The summed E-state index contributed by atoms with van der Waals surface area (Å²) in [6, 6.07) is 17.2. The summed E-state index contributed by atoms with van der Waals surface area (Å²) in [5.74, 6) is 0.171. The van der Waals surface area contributed by atoms with Gasteiger partial charge in [-0.3, -0.25) is 14.2 Å². The van der Waals surface area contributed by atoms with E-state index in [9.17, 15) is 9.59 Å². The summed E-state index contributed by atoms with van der Waals surface area (Å²) < 4.78 is 1.50. The lowest BCUT2D eigenvalue weighted by Gasteiger charge is -2.17. The second kappa shape index (κ2) is 8.54. The van der Waals surface area contributed by atoms with Crippen LogP contribution in [0.5, 0.6) is 0 Å².